The third kappa shape index (κ3) is 2.61. The predicted molar refractivity (Wildman–Crippen MR) is 58.8 cm³/mol. The first kappa shape index (κ1) is 12.7. The first-order valence-corrected chi connectivity index (χ1v) is 5.27. The highest BCUT2D eigenvalue weighted by atomic mass is 16.5. The molecule has 0 radical (unpaired) electrons. The number of esters is 1. The van der Waals surface area contributed by atoms with Gasteiger partial charge in [0, 0.05) is 17.8 Å². The van der Waals surface area contributed by atoms with E-state index in [0.29, 0.717) is 5.56 Å². The highest BCUT2D eigenvalue weighted by molar-refractivity contribution is 5.72. The van der Waals surface area contributed by atoms with Gasteiger partial charge in [-0.3, -0.25) is 9.48 Å². The minimum atomic E-state index is -0.875. The van der Waals surface area contributed by atoms with Gasteiger partial charge in [-0.05, 0) is 20.8 Å². The Morgan fingerprint density at radius 1 is 1.50 bits per heavy atom. The van der Waals surface area contributed by atoms with E-state index in [4.69, 9.17) is 0 Å². The number of ether oxygens (including phenoxy) is 1. The van der Waals surface area contributed by atoms with Gasteiger partial charge in [0.1, 0.15) is 0 Å². The van der Waals surface area contributed by atoms with E-state index in [9.17, 15) is 9.90 Å². The molecule has 0 amide bonds. The summed E-state index contributed by atoms with van der Waals surface area (Å²) in [6, 6.07) is 0.231. The fourth-order valence-corrected chi connectivity index (χ4v) is 1.39. The number of aromatic nitrogens is 2. The van der Waals surface area contributed by atoms with Crippen LogP contribution in [-0.2, 0) is 9.53 Å². The Hall–Kier alpha value is -1.36. The van der Waals surface area contributed by atoms with Crippen molar-refractivity contribution in [1.82, 2.24) is 9.78 Å². The van der Waals surface area contributed by atoms with Crippen LogP contribution in [0.1, 0.15) is 38.5 Å². The highest BCUT2D eigenvalue weighted by Crippen LogP contribution is 2.22. The summed E-state index contributed by atoms with van der Waals surface area (Å²) in [5.41, 5.74) is 0.631. The van der Waals surface area contributed by atoms with E-state index in [1.165, 1.54) is 7.11 Å². The summed E-state index contributed by atoms with van der Waals surface area (Å²) >= 11 is 0. The summed E-state index contributed by atoms with van der Waals surface area (Å²) in [6.07, 6.45) is 2.44. The van der Waals surface area contributed by atoms with Gasteiger partial charge in [-0.2, -0.15) is 5.10 Å². The first-order chi connectivity index (χ1) is 7.47. The van der Waals surface area contributed by atoms with E-state index in [1.54, 1.807) is 24.0 Å². The number of hydrogen-bond donors (Lipinski definition) is 1. The van der Waals surface area contributed by atoms with E-state index < -0.39 is 18.0 Å². The lowest BCUT2D eigenvalue weighted by atomic mass is 10.0. The Balaban J connectivity index is 2.79. The first-order valence-electron chi connectivity index (χ1n) is 5.27. The molecule has 0 saturated carbocycles. The van der Waals surface area contributed by atoms with E-state index >= 15 is 0 Å². The van der Waals surface area contributed by atoms with Crippen LogP contribution in [0.5, 0.6) is 0 Å². The maximum absolute atomic E-state index is 11.3. The fraction of sp³-hybridized carbons (Fsp3) is 0.636. The second kappa shape index (κ2) is 5.12. The molecule has 0 aliphatic heterocycles. The molecule has 2 unspecified atom stereocenters. The number of hydrogen-bond acceptors (Lipinski definition) is 4. The van der Waals surface area contributed by atoms with Crippen LogP contribution in [0.2, 0.25) is 0 Å². The van der Waals surface area contributed by atoms with Gasteiger partial charge in [-0.25, -0.2) is 0 Å². The molecule has 0 spiro atoms. The van der Waals surface area contributed by atoms with Gasteiger partial charge in [0.25, 0.3) is 0 Å². The van der Waals surface area contributed by atoms with Crippen molar-refractivity contribution in [3.63, 3.8) is 0 Å². The Morgan fingerprint density at radius 3 is 2.56 bits per heavy atom. The second-order valence-corrected chi connectivity index (χ2v) is 4.10. The molecule has 0 aliphatic carbocycles. The van der Waals surface area contributed by atoms with Gasteiger partial charge < -0.3 is 9.84 Å². The summed E-state index contributed by atoms with van der Waals surface area (Å²) in [5.74, 6) is -1.01. The molecule has 5 heteroatoms. The van der Waals surface area contributed by atoms with E-state index in [-0.39, 0.29) is 6.04 Å². The van der Waals surface area contributed by atoms with E-state index in [1.807, 2.05) is 13.8 Å². The second-order valence-electron chi connectivity index (χ2n) is 4.10. The third-order valence-electron chi connectivity index (χ3n) is 2.54. The minimum Gasteiger partial charge on any atom is -0.469 e. The molecule has 1 aromatic rings. The van der Waals surface area contributed by atoms with Crippen molar-refractivity contribution in [2.24, 2.45) is 5.92 Å². The largest absolute Gasteiger partial charge is 0.469 e. The lowest BCUT2D eigenvalue weighted by molar-refractivity contribution is -0.148. The summed E-state index contributed by atoms with van der Waals surface area (Å²) in [6.45, 7) is 5.61. The molecular formula is C11H18N2O3. The Morgan fingerprint density at radius 2 is 2.12 bits per heavy atom. The highest BCUT2D eigenvalue weighted by Gasteiger charge is 2.25. The monoisotopic (exact) mass is 226 g/mol. The maximum atomic E-state index is 11.3. The van der Waals surface area contributed by atoms with Crippen LogP contribution in [0.3, 0.4) is 0 Å². The van der Waals surface area contributed by atoms with Crippen LogP contribution < -0.4 is 0 Å². The SMILES string of the molecule is COC(=O)C(C)C(O)c1cnn(C(C)C)c1. The average molecular weight is 226 g/mol. The predicted octanol–water partition coefficient (Wildman–Crippen LogP) is 1.31. The Labute approximate surface area is 95.0 Å². The molecule has 0 aliphatic rings. The van der Waals surface area contributed by atoms with Crippen LogP contribution >= 0.6 is 0 Å². The minimum absolute atomic E-state index is 0.231. The van der Waals surface area contributed by atoms with Gasteiger partial charge in [0.2, 0.25) is 0 Å². The van der Waals surface area contributed by atoms with Crippen molar-refractivity contribution in [1.29, 1.82) is 0 Å². The maximum Gasteiger partial charge on any atom is 0.311 e. The number of aliphatic hydroxyl groups excluding tert-OH is 1. The average Bonchev–Trinajstić information content (AvgIpc) is 2.75. The van der Waals surface area contributed by atoms with Crippen molar-refractivity contribution in [3.05, 3.63) is 18.0 Å². The van der Waals surface area contributed by atoms with Gasteiger partial charge in [0.15, 0.2) is 0 Å². The number of aliphatic hydroxyl groups is 1. The molecule has 16 heavy (non-hydrogen) atoms. The number of rotatable bonds is 4. The van der Waals surface area contributed by atoms with Crippen LogP contribution in [-0.4, -0.2) is 28.0 Å². The van der Waals surface area contributed by atoms with Crippen molar-refractivity contribution in [2.45, 2.75) is 32.9 Å². The van der Waals surface area contributed by atoms with Crippen molar-refractivity contribution < 1.29 is 14.6 Å². The van der Waals surface area contributed by atoms with Crippen LogP contribution in [0.15, 0.2) is 12.4 Å². The molecule has 5 nitrogen and oxygen atoms in total. The molecule has 0 fully saturated rings. The van der Waals surface area contributed by atoms with Gasteiger partial charge in [0.05, 0.1) is 25.3 Å². The summed E-state index contributed by atoms with van der Waals surface area (Å²) < 4.78 is 6.32. The third-order valence-corrected chi connectivity index (χ3v) is 2.54. The number of nitrogens with zero attached hydrogens (tertiary/aromatic N) is 2. The Kier molecular flexibility index (Phi) is 4.06. The standard InChI is InChI=1S/C11H18N2O3/c1-7(2)13-6-9(5-12-13)10(14)8(3)11(15)16-4/h5-8,10,14H,1-4H3. The molecule has 1 aromatic heterocycles. The zero-order chi connectivity index (χ0) is 12.3. The summed E-state index contributed by atoms with van der Waals surface area (Å²) in [5, 5.41) is 14.0. The molecule has 0 saturated heterocycles. The normalized spacial score (nSPS) is 14.9. The molecule has 0 aromatic carbocycles. The molecular weight excluding hydrogens is 208 g/mol. The topological polar surface area (TPSA) is 64.3 Å². The van der Waals surface area contributed by atoms with Crippen molar-refractivity contribution >= 4 is 5.97 Å². The molecule has 2 atom stereocenters. The van der Waals surface area contributed by atoms with Crippen LogP contribution in [0, 0.1) is 5.92 Å². The lowest BCUT2D eigenvalue weighted by Gasteiger charge is -2.14. The molecule has 1 heterocycles. The van der Waals surface area contributed by atoms with Gasteiger partial charge >= 0.3 is 5.97 Å². The molecule has 90 valence electrons. The summed E-state index contributed by atoms with van der Waals surface area (Å²) in [7, 11) is 1.31. The van der Waals surface area contributed by atoms with Crippen LogP contribution in [0.4, 0.5) is 0 Å². The van der Waals surface area contributed by atoms with Gasteiger partial charge in [-0.15, -0.1) is 0 Å². The Bertz CT molecular complexity index is 360. The smallest absolute Gasteiger partial charge is 0.311 e. The molecule has 1 N–H and O–H groups in total. The fourth-order valence-electron chi connectivity index (χ4n) is 1.39. The van der Waals surface area contributed by atoms with Crippen molar-refractivity contribution in [2.75, 3.05) is 7.11 Å². The summed E-state index contributed by atoms with van der Waals surface area (Å²) in [4.78, 5) is 11.3. The number of methoxy groups -OCH3 is 1. The quantitative estimate of drug-likeness (QED) is 0.786. The van der Waals surface area contributed by atoms with Crippen LogP contribution in [0.25, 0.3) is 0 Å². The van der Waals surface area contributed by atoms with Crippen molar-refractivity contribution in [3.8, 4) is 0 Å². The number of carbonyl (C=O) groups excluding carboxylic acids is 1. The zero-order valence-corrected chi connectivity index (χ0v) is 10.0. The zero-order valence-electron chi connectivity index (χ0n) is 10.0. The number of carbonyl (C=O) groups is 1. The van der Waals surface area contributed by atoms with E-state index in [0.717, 1.165) is 0 Å². The lowest BCUT2D eigenvalue weighted by Crippen LogP contribution is -2.20. The van der Waals surface area contributed by atoms with Gasteiger partial charge in [-0.1, -0.05) is 0 Å². The molecule has 0 bridgehead atoms. The van der Waals surface area contributed by atoms with E-state index in [2.05, 4.69) is 9.84 Å². The molecule has 1 rings (SSSR count).